The molecule has 0 aliphatic rings. The van der Waals surface area contributed by atoms with Crippen LogP contribution in [0.4, 0.5) is 11.6 Å². The quantitative estimate of drug-likeness (QED) is 0.875. The molecule has 0 bridgehead atoms. The minimum Gasteiger partial charge on any atom is -0.373 e. The number of hydrogen-bond acceptors (Lipinski definition) is 5. The summed E-state index contributed by atoms with van der Waals surface area (Å²) in [5.74, 6) is 2.67. The zero-order valence-corrected chi connectivity index (χ0v) is 12.6. The van der Waals surface area contributed by atoms with E-state index >= 15 is 0 Å². The lowest BCUT2D eigenvalue weighted by atomic mass is 10.2. The van der Waals surface area contributed by atoms with Gasteiger partial charge in [0.05, 0.1) is 6.04 Å². The van der Waals surface area contributed by atoms with Crippen LogP contribution in [0.2, 0.25) is 0 Å². The first-order chi connectivity index (χ1) is 9.15. The molecule has 0 saturated carbocycles. The molecule has 0 aliphatic heterocycles. The maximum Gasteiger partial charge on any atom is 0.135 e. The average Bonchev–Trinajstić information content (AvgIpc) is 2.95. The van der Waals surface area contributed by atoms with Crippen LogP contribution in [0.5, 0.6) is 0 Å². The fourth-order valence-corrected chi connectivity index (χ4v) is 2.65. The van der Waals surface area contributed by atoms with Gasteiger partial charge in [0.1, 0.15) is 17.5 Å². The molecule has 0 saturated heterocycles. The molecule has 1 atom stereocenters. The van der Waals surface area contributed by atoms with E-state index in [1.165, 1.54) is 4.88 Å². The molecule has 0 spiro atoms. The van der Waals surface area contributed by atoms with E-state index in [2.05, 4.69) is 52.0 Å². The molecule has 0 aliphatic carbocycles. The van der Waals surface area contributed by atoms with Crippen molar-refractivity contribution in [3.05, 3.63) is 33.8 Å². The first kappa shape index (κ1) is 13.8. The van der Waals surface area contributed by atoms with E-state index in [1.807, 2.05) is 14.0 Å². The van der Waals surface area contributed by atoms with Crippen LogP contribution in [0, 0.1) is 6.92 Å². The summed E-state index contributed by atoms with van der Waals surface area (Å²) in [6, 6.07) is 4.46. The highest BCUT2D eigenvalue weighted by Crippen LogP contribution is 2.26. The van der Waals surface area contributed by atoms with Crippen LogP contribution in [-0.4, -0.2) is 17.0 Å². The van der Waals surface area contributed by atoms with E-state index in [9.17, 15) is 0 Å². The number of nitrogens with zero attached hydrogens (tertiary/aromatic N) is 2. The van der Waals surface area contributed by atoms with Crippen molar-refractivity contribution in [1.82, 2.24) is 9.97 Å². The molecule has 2 aromatic rings. The molecule has 4 nitrogen and oxygen atoms in total. The number of aryl methyl sites for hydroxylation is 1. The van der Waals surface area contributed by atoms with Gasteiger partial charge in [-0.1, -0.05) is 13.0 Å². The maximum atomic E-state index is 4.59. The van der Waals surface area contributed by atoms with Gasteiger partial charge in [-0.2, -0.15) is 0 Å². The lowest BCUT2D eigenvalue weighted by molar-refractivity contribution is 0.866. The van der Waals surface area contributed by atoms with Crippen molar-refractivity contribution in [2.45, 2.75) is 33.2 Å². The second-order valence-corrected chi connectivity index (χ2v) is 5.43. The van der Waals surface area contributed by atoms with Crippen LogP contribution < -0.4 is 10.6 Å². The van der Waals surface area contributed by atoms with Crippen LogP contribution in [0.15, 0.2) is 17.5 Å². The maximum absolute atomic E-state index is 4.59. The zero-order valence-electron chi connectivity index (χ0n) is 11.8. The third kappa shape index (κ3) is 3.04. The predicted octanol–water partition coefficient (Wildman–Crippen LogP) is 3.62. The second-order valence-electron chi connectivity index (χ2n) is 4.45. The van der Waals surface area contributed by atoms with Gasteiger partial charge in [-0.15, -0.1) is 11.3 Å². The largest absolute Gasteiger partial charge is 0.373 e. The van der Waals surface area contributed by atoms with E-state index < -0.39 is 0 Å². The normalized spacial score (nSPS) is 12.2. The van der Waals surface area contributed by atoms with Crippen molar-refractivity contribution < 1.29 is 0 Å². The van der Waals surface area contributed by atoms with E-state index in [0.717, 1.165) is 29.4 Å². The van der Waals surface area contributed by atoms with Gasteiger partial charge < -0.3 is 10.6 Å². The Morgan fingerprint density at radius 2 is 2.05 bits per heavy atom. The Bertz CT molecular complexity index is 537. The van der Waals surface area contributed by atoms with Crippen LogP contribution in [0.3, 0.4) is 0 Å². The molecule has 0 amide bonds. The molecule has 1 unspecified atom stereocenters. The molecule has 5 heteroatoms. The van der Waals surface area contributed by atoms with E-state index in [1.54, 1.807) is 11.3 Å². The summed E-state index contributed by atoms with van der Waals surface area (Å²) in [4.78, 5) is 10.4. The fraction of sp³-hybridized carbons (Fsp3) is 0.429. The minimum atomic E-state index is 0.253. The van der Waals surface area contributed by atoms with Gasteiger partial charge in [-0.3, -0.25) is 0 Å². The second kappa shape index (κ2) is 6.02. The molecular weight excluding hydrogens is 256 g/mol. The van der Waals surface area contributed by atoms with Gasteiger partial charge in [0, 0.05) is 23.9 Å². The summed E-state index contributed by atoms with van der Waals surface area (Å²) in [6.07, 6.45) is 0.830. The molecule has 0 fully saturated rings. The van der Waals surface area contributed by atoms with Crippen molar-refractivity contribution in [2.75, 3.05) is 17.7 Å². The zero-order chi connectivity index (χ0) is 13.8. The SMILES string of the molecule is CCc1nc(NC)c(C)c(NC(C)c2cccs2)n1. The lowest BCUT2D eigenvalue weighted by Crippen LogP contribution is -2.12. The number of thiophene rings is 1. The van der Waals surface area contributed by atoms with E-state index in [-0.39, 0.29) is 6.04 Å². The summed E-state index contributed by atoms with van der Waals surface area (Å²) in [5, 5.41) is 8.71. The number of rotatable bonds is 5. The van der Waals surface area contributed by atoms with Gasteiger partial charge in [0.15, 0.2) is 0 Å². The Morgan fingerprint density at radius 3 is 2.63 bits per heavy atom. The van der Waals surface area contributed by atoms with Crippen LogP contribution >= 0.6 is 11.3 Å². The van der Waals surface area contributed by atoms with Crippen molar-refractivity contribution >= 4 is 23.0 Å². The van der Waals surface area contributed by atoms with Crippen LogP contribution in [0.25, 0.3) is 0 Å². The Labute approximate surface area is 118 Å². The standard InChI is InChI=1S/C14H20N4S/c1-5-12-17-13(15-4)9(2)14(18-12)16-10(3)11-7-6-8-19-11/h6-8,10H,5H2,1-4H3,(H2,15,16,17,18). The average molecular weight is 276 g/mol. The molecule has 2 aromatic heterocycles. The van der Waals surface area contributed by atoms with Crippen molar-refractivity contribution in [3.8, 4) is 0 Å². The molecule has 102 valence electrons. The summed E-state index contributed by atoms with van der Waals surface area (Å²) in [5.41, 5.74) is 1.06. The van der Waals surface area contributed by atoms with Crippen molar-refractivity contribution in [2.24, 2.45) is 0 Å². The number of nitrogens with one attached hydrogen (secondary N) is 2. The summed E-state index contributed by atoms with van der Waals surface area (Å²) in [7, 11) is 1.89. The smallest absolute Gasteiger partial charge is 0.135 e. The molecule has 2 N–H and O–H groups in total. The third-order valence-corrected chi connectivity index (χ3v) is 4.12. The summed E-state index contributed by atoms with van der Waals surface area (Å²) >= 11 is 1.75. The van der Waals surface area contributed by atoms with Crippen LogP contribution in [-0.2, 0) is 6.42 Å². The van der Waals surface area contributed by atoms with Gasteiger partial charge in [-0.25, -0.2) is 9.97 Å². The Balaban J connectivity index is 2.28. The lowest BCUT2D eigenvalue weighted by Gasteiger charge is -2.17. The number of hydrogen-bond donors (Lipinski definition) is 2. The molecule has 2 heterocycles. The van der Waals surface area contributed by atoms with Crippen molar-refractivity contribution in [1.29, 1.82) is 0 Å². The third-order valence-electron chi connectivity index (χ3n) is 3.07. The number of anilines is 2. The Kier molecular flexibility index (Phi) is 4.37. The summed E-state index contributed by atoms with van der Waals surface area (Å²) < 4.78 is 0. The highest BCUT2D eigenvalue weighted by molar-refractivity contribution is 7.10. The molecule has 0 aromatic carbocycles. The first-order valence-electron chi connectivity index (χ1n) is 6.50. The predicted molar refractivity (Wildman–Crippen MR) is 82.1 cm³/mol. The van der Waals surface area contributed by atoms with Gasteiger partial charge >= 0.3 is 0 Å². The number of aromatic nitrogens is 2. The van der Waals surface area contributed by atoms with Gasteiger partial charge in [0.2, 0.25) is 0 Å². The first-order valence-corrected chi connectivity index (χ1v) is 7.38. The Hall–Kier alpha value is -1.62. The summed E-state index contributed by atoms with van der Waals surface area (Å²) in [6.45, 7) is 6.25. The highest BCUT2D eigenvalue weighted by atomic mass is 32.1. The van der Waals surface area contributed by atoms with Gasteiger partial charge in [0.25, 0.3) is 0 Å². The monoisotopic (exact) mass is 276 g/mol. The minimum absolute atomic E-state index is 0.253. The molecule has 2 rings (SSSR count). The van der Waals surface area contributed by atoms with E-state index in [4.69, 9.17) is 0 Å². The van der Waals surface area contributed by atoms with Crippen molar-refractivity contribution in [3.63, 3.8) is 0 Å². The van der Waals surface area contributed by atoms with Gasteiger partial charge in [-0.05, 0) is 25.3 Å². The van der Waals surface area contributed by atoms with E-state index in [0.29, 0.717) is 0 Å². The molecular formula is C14H20N4S. The molecule has 0 radical (unpaired) electrons. The Morgan fingerprint density at radius 1 is 1.32 bits per heavy atom. The topological polar surface area (TPSA) is 49.8 Å². The highest BCUT2D eigenvalue weighted by Gasteiger charge is 2.13. The fourth-order valence-electron chi connectivity index (χ4n) is 1.92. The molecule has 19 heavy (non-hydrogen) atoms. The van der Waals surface area contributed by atoms with Crippen LogP contribution in [0.1, 0.15) is 36.2 Å².